The van der Waals surface area contributed by atoms with Crippen LogP contribution in [-0.4, -0.2) is 32.7 Å². The number of H-pyrrole nitrogens is 1. The summed E-state index contributed by atoms with van der Waals surface area (Å²) in [5.41, 5.74) is 6.93. The number of nitrogen functional groups attached to an aromatic ring is 1. The molecule has 3 aromatic heterocycles. The average Bonchev–Trinajstić information content (AvgIpc) is 2.89. The number of pyridine rings is 1. The van der Waals surface area contributed by atoms with Crippen LogP contribution in [0, 0.1) is 0 Å². The lowest BCUT2D eigenvalue weighted by Gasteiger charge is -2.10. The Morgan fingerprint density at radius 2 is 1.95 bits per heavy atom. The molecule has 0 aromatic carbocycles. The second-order valence-corrected chi connectivity index (χ2v) is 4.44. The molecule has 0 saturated carbocycles. The van der Waals surface area contributed by atoms with Crippen molar-refractivity contribution in [2.45, 2.75) is 6.18 Å². The Morgan fingerprint density at radius 3 is 2.68 bits per heavy atom. The van der Waals surface area contributed by atoms with Gasteiger partial charge in [-0.25, -0.2) is 15.0 Å². The molecule has 0 atom stereocenters. The molecule has 0 radical (unpaired) electrons. The molecular formula is C13H10F3N5O. The molecule has 0 spiro atoms. The highest BCUT2D eigenvalue weighted by molar-refractivity contribution is 5.97. The fraction of sp³-hybridized carbons (Fsp3) is 0.154. The second kappa shape index (κ2) is 5.17. The molecule has 0 aliphatic heterocycles. The maximum absolute atomic E-state index is 12.4. The molecule has 6 nitrogen and oxygen atoms in total. The second-order valence-electron chi connectivity index (χ2n) is 4.44. The number of fused-ring (bicyclic) bond motifs is 1. The van der Waals surface area contributed by atoms with E-state index in [-0.39, 0.29) is 11.7 Å². The van der Waals surface area contributed by atoms with E-state index in [2.05, 4.69) is 19.9 Å². The SMILES string of the molecule is Nc1nccc(-c2c[nH]c3nccc(OCC(F)(F)F)c23)n1. The van der Waals surface area contributed by atoms with Gasteiger partial charge in [0.2, 0.25) is 5.95 Å². The molecule has 114 valence electrons. The number of nitrogens with two attached hydrogens (primary N) is 1. The fourth-order valence-corrected chi connectivity index (χ4v) is 2.03. The first-order valence-corrected chi connectivity index (χ1v) is 6.18. The van der Waals surface area contributed by atoms with Crippen molar-refractivity contribution >= 4 is 17.0 Å². The molecule has 0 aliphatic carbocycles. The van der Waals surface area contributed by atoms with Crippen LogP contribution in [0.1, 0.15) is 0 Å². The molecule has 9 heteroatoms. The fourth-order valence-electron chi connectivity index (χ4n) is 2.03. The topological polar surface area (TPSA) is 89.7 Å². The first-order chi connectivity index (χ1) is 10.4. The molecule has 22 heavy (non-hydrogen) atoms. The van der Waals surface area contributed by atoms with Crippen molar-refractivity contribution in [1.29, 1.82) is 0 Å². The lowest BCUT2D eigenvalue weighted by atomic mass is 10.1. The van der Waals surface area contributed by atoms with Gasteiger partial charge < -0.3 is 15.5 Å². The predicted molar refractivity (Wildman–Crippen MR) is 73.1 cm³/mol. The van der Waals surface area contributed by atoms with Crippen LogP contribution in [0.2, 0.25) is 0 Å². The highest BCUT2D eigenvalue weighted by Crippen LogP contribution is 2.34. The molecule has 3 rings (SSSR count). The summed E-state index contributed by atoms with van der Waals surface area (Å²) in [6.07, 6.45) is -0.0168. The lowest BCUT2D eigenvalue weighted by molar-refractivity contribution is -0.153. The number of ether oxygens (including phenoxy) is 1. The molecule has 0 unspecified atom stereocenters. The molecule has 3 heterocycles. The van der Waals surface area contributed by atoms with Crippen LogP contribution in [0.5, 0.6) is 5.75 Å². The van der Waals surface area contributed by atoms with Crippen LogP contribution in [-0.2, 0) is 0 Å². The van der Waals surface area contributed by atoms with E-state index in [1.807, 2.05) is 0 Å². The lowest BCUT2D eigenvalue weighted by Crippen LogP contribution is -2.19. The number of anilines is 1. The Labute approximate surface area is 122 Å². The Balaban J connectivity index is 2.08. The highest BCUT2D eigenvalue weighted by Gasteiger charge is 2.29. The maximum Gasteiger partial charge on any atom is 0.422 e. The molecule has 0 aliphatic rings. The average molecular weight is 309 g/mol. The van der Waals surface area contributed by atoms with E-state index in [1.54, 1.807) is 12.3 Å². The molecule has 0 fully saturated rings. The number of aromatic amines is 1. The van der Waals surface area contributed by atoms with Gasteiger partial charge in [-0.2, -0.15) is 13.2 Å². The van der Waals surface area contributed by atoms with Crippen LogP contribution in [0.4, 0.5) is 19.1 Å². The standard InChI is InChI=1S/C13H10F3N5O/c14-13(15,16)6-22-9-2-4-18-11-10(9)7(5-20-11)8-1-3-19-12(17)21-8/h1-5H,6H2,(H,18,20)(H2,17,19,21). The Morgan fingerprint density at radius 1 is 1.18 bits per heavy atom. The first kappa shape index (κ1) is 14.1. The Bertz CT molecular complexity index is 815. The summed E-state index contributed by atoms with van der Waals surface area (Å²) in [6, 6.07) is 2.97. The summed E-state index contributed by atoms with van der Waals surface area (Å²) >= 11 is 0. The van der Waals surface area contributed by atoms with Crippen molar-refractivity contribution in [2.24, 2.45) is 0 Å². The summed E-state index contributed by atoms with van der Waals surface area (Å²) in [4.78, 5) is 14.8. The van der Waals surface area contributed by atoms with Gasteiger partial charge in [0.25, 0.3) is 0 Å². The summed E-state index contributed by atoms with van der Waals surface area (Å²) in [5, 5.41) is 0.407. The van der Waals surface area contributed by atoms with Gasteiger partial charge in [-0.15, -0.1) is 0 Å². The van der Waals surface area contributed by atoms with Gasteiger partial charge in [0.1, 0.15) is 11.4 Å². The van der Waals surface area contributed by atoms with Crippen molar-refractivity contribution in [3.63, 3.8) is 0 Å². The van der Waals surface area contributed by atoms with Gasteiger partial charge >= 0.3 is 6.18 Å². The summed E-state index contributed by atoms with van der Waals surface area (Å²) < 4.78 is 41.9. The summed E-state index contributed by atoms with van der Waals surface area (Å²) in [5.74, 6) is 0.129. The van der Waals surface area contributed by atoms with Crippen LogP contribution < -0.4 is 10.5 Å². The summed E-state index contributed by atoms with van der Waals surface area (Å²) in [7, 11) is 0. The predicted octanol–water partition coefficient (Wildman–Crippen LogP) is 2.54. The van der Waals surface area contributed by atoms with Crippen molar-refractivity contribution in [3.05, 3.63) is 30.7 Å². The number of nitrogens with one attached hydrogen (secondary N) is 1. The van der Waals surface area contributed by atoms with Gasteiger partial charge in [0.15, 0.2) is 6.61 Å². The third-order valence-corrected chi connectivity index (χ3v) is 2.88. The van der Waals surface area contributed by atoms with Crippen LogP contribution >= 0.6 is 0 Å². The van der Waals surface area contributed by atoms with E-state index < -0.39 is 12.8 Å². The largest absolute Gasteiger partial charge is 0.483 e. The zero-order valence-electron chi connectivity index (χ0n) is 11.1. The van der Waals surface area contributed by atoms with E-state index >= 15 is 0 Å². The molecule has 0 amide bonds. The van der Waals surface area contributed by atoms with Crippen LogP contribution in [0.15, 0.2) is 30.7 Å². The van der Waals surface area contributed by atoms with Gasteiger partial charge in [0.05, 0.1) is 11.1 Å². The van der Waals surface area contributed by atoms with Crippen LogP contribution in [0.3, 0.4) is 0 Å². The van der Waals surface area contributed by atoms with Gasteiger partial charge in [-0.3, -0.25) is 0 Å². The zero-order valence-corrected chi connectivity index (χ0v) is 11.1. The Hall–Kier alpha value is -2.84. The highest BCUT2D eigenvalue weighted by atomic mass is 19.4. The third-order valence-electron chi connectivity index (χ3n) is 2.88. The minimum Gasteiger partial charge on any atom is -0.483 e. The van der Waals surface area contributed by atoms with Crippen molar-refractivity contribution in [2.75, 3.05) is 12.3 Å². The van der Waals surface area contributed by atoms with Gasteiger partial charge in [-0.1, -0.05) is 0 Å². The molecular weight excluding hydrogens is 299 g/mol. The molecule has 0 bridgehead atoms. The van der Waals surface area contributed by atoms with E-state index in [1.165, 1.54) is 18.5 Å². The van der Waals surface area contributed by atoms with E-state index in [0.717, 1.165) is 0 Å². The number of halogens is 3. The number of rotatable bonds is 3. The van der Waals surface area contributed by atoms with Crippen LogP contribution in [0.25, 0.3) is 22.3 Å². The quantitative estimate of drug-likeness (QED) is 0.776. The smallest absolute Gasteiger partial charge is 0.422 e. The van der Waals surface area contributed by atoms with E-state index in [4.69, 9.17) is 10.5 Å². The van der Waals surface area contributed by atoms with E-state index in [9.17, 15) is 13.2 Å². The number of hydrogen-bond donors (Lipinski definition) is 2. The number of nitrogens with zero attached hydrogens (tertiary/aromatic N) is 3. The Kier molecular flexibility index (Phi) is 3.32. The van der Waals surface area contributed by atoms with Crippen molar-refractivity contribution in [1.82, 2.24) is 19.9 Å². The minimum atomic E-state index is -4.43. The zero-order chi connectivity index (χ0) is 15.7. The van der Waals surface area contributed by atoms with Gasteiger partial charge in [-0.05, 0) is 12.1 Å². The number of aromatic nitrogens is 4. The van der Waals surface area contributed by atoms with Gasteiger partial charge in [0, 0.05) is 24.2 Å². The normalized spacial score (nSPS) is 11.8. The minimum absolute atomic E-state index is 0.0634. The first-order valence-electron chi connectivity index (χ1n) is 6.18. The maximum atomic E-state index is 12.4. The number of alkyl halides is 3. The molecule has 3 aromatic rings. The summed E-state index contributed by atoms with van der Waals surface area (Å²) in [6.45, 7) is -1.39. The van der Waals surface area contributed by atoms with Crippen molar-refractivity contribution in [3.8, 4) is 17.0 Å². The van der Waals surface area contributed by atoms with Crippen molar-refractivity contribution < 1.29 is 17.9 Å². The number of hydrogen-bond acceptors (Lipinski definition) is 5. The third kappa shape index (κ3) is 2.78. The monoisotopic (exact) mass is 309 g/mol. The molecule has 0 saturated heterocycles. The molecule has 3 N–H and O–H groups in total. The van der Waals surface area contributed by atoms with E-state index in [0.29, 0.717) is 22.3 Å².